The number of fused-ring (bicyclic) bond motifs is 1. The van der Waals surface area contributed by atoms with Crippen molar-refractivity contribution in [1.82, 2.24) is 31.3 Å². The maximum Gasteiger partial charge on any atom is 0.268 e. The third-order valence-corrected chi connectivity index (χ3v) is 4.00. The van der Waals surface area contributed by atoms with Crippen molar-refractivity contribution in [3.8, 4) is 0 Å². The number of hydrazine groups is 1. The zero-order valence-electron chi connectivity index (χ0n) is 17.2. The molecule has 0 atom stereocenters. The lowest BCUT2D eigenvalue weighted by Gasteiger charge is -2.30. The van der Waals surface area contributed by atoms with Gasteiger partial charge in [-0.1, -0.05) is 0 Å². The van der Waals surface area contributed by atoms with Gasteiger partial charge in [-0.3, -0.25) is 20.4 Å². The fourth-order valence-electron chi connectivity index (χ4n) is 2.52. The van der Waals surface area contributed by atoms with E-state index in [0.717, 1.165) is 12.3 Å². The predicted octanol–water partition coefficient (Wildman–Crippen LogP) is -0.0454. The number of amidine groups is 1. The van der Waals surface area contributed by atoms with E-state index < -0.39 is 11.7 Å². The molecule has 0 aromatic carbocycles. The van der Waals surface area contributed by atoms with Crippen LogP contribution in [0, 0.1) is 10.8 Å². The zero-order chi connectivity index (χ0) is 23.1. The second-order valence-electron chi connectivity index (χ2n) is 6.42. The van der Waals surface area contributed by atoms with E-state index in [2.05, 4.69) is 21.4 Å². The summed E-state index contributed by atoms with van der Waals surface area (Å²) in [5.41, 5.74) is 9.10. The largest absolute Gasteiger partial charge is 0.385 e. The number of likely N-dealkylation sites (N-methyl/N-ethyl adjacent to an activating group) is 2. The van der Waals surface area contributed by atoms with Crippen LogP contribution in [0.1, 0.15) is 6.92 Å². The summed E-state index contributed by atoms with van der Waals surface area (Å²) in [6.07, 6.45) is 8.20. The number of nitrogens with one attached hydrogen (secondary N) is 6. The van der Waals surface area contributed by atoms with Crippen molar-refractivity contribution in [2.24, 2.45) is 5.73 Å². The Labute approximate surface area is 178 Å². The van der Waals surface area contributed by atoms with Gasteiger partial charge in [-0.05, 0) is 19.1 Å². The number of hydrogen-bond acceptors (Lipinski definition) is 9. The van der Waals surface area contributed by atoms with E-state index in [1.165, 1.54) is 35.3 Å². The molecule has 0 aromatic rings. The lowest BCUT2D eigenvalue weighted by molar-refractivity contribution is -0.116. The normalized spacial score (nSPS) is 16.1. The molecular weight excluding hydrogens is 405 g/mol. The van der Waals surface area contributed by atoms with Crippen molar-refractivity contribution in [3.05, 3.63) is 71.3 Å². The molecule has 0 saturated heterocycles. The Morgan fingerprint density at radius 3 is 2.65 bits per heavy atom. The van der Waals surface area contributed by atoms with E-state index in [-0.39, 0.29) is 28.8 Å². The fourth-order valence-corrected chi connectivity index (χ4v) is 2.52. The molecule has 0 spiro atoms. The third-order valence-electron chi connectivity index (χ3n) is 4.00. The molecule has 164 valence electrons. The number of nitrogens with two attached hydrogens (primary N) is 1. The first-order chi connectivity index (χ1) is 14.7. The van der Waals surface area contributed by atoms with E-state index in [1.54, 1.807) is 20.0 Å². The summed E-state index contributed by atoms with van der Waals surface area (Å²) in [5.74, 6) is -0.706. The van der Waals surface area contributed by atoms with E-state index in [4.69, 9.17) is 16.6 Å². The van der Waals surface area contributed by atoms with Crippen LogP contribution in [0.15, 0.2) is 71.3 Å². The molecule has 2 aliphatic rings. The molecule has 12 heteroatoms. The molecule has 0 aromatic heterocycles. The summed E-state index contributed by atoms with van der Waals surface area (Å²) in [5, 5.41) is 25.1. The van der Waals surface area contributed by atoms with Crippen molar-refractivity contribution in [2.75, 3.05) is 14.1 Å². The molecule has 11 nitrogen and oxygen atoms in total. The number of carbonyl (C=O) groups is 2. The second kappa shape index (κ2) is 9.91. The maximum absolute atomic E-state index is 14.4. The highest BCUT2D eigenvalue weighted by Crippen LogP contribution is 2.22. The minimum Gasteiger partial charge on any atom is -0.385 e. The van der Waals surface area contributed by atoms with Gasteiger partial charge in [-0.15, -0.1) is 0 Å². The number of primary amides is 1. The number of hydrogen-bond donors (Lipinski definition) is 7. The SMILES string of the molecule is CNC1=C2NC=C(C(N)=O)N2NC(N/C(C=O)=C/C(F)=C\N(C)C(=N)C=CC(C)=N)=C1. The zero-order valence-corrected chi connectivity index (χ0v) is 17.2. The summed E-state index contributed by atoms with van der Waals surface area (Å²) in [6.45, 7) is 1.55. The second-order valence-corrected chi connectivity index (χ2v) is 6.42. The monoisotopic (exact) mass is 429 g/mol. The van der Waals surface area contributed by atoms with Crippen LogP contribution < -0.4 is 27.1 Å². The van der Waals surface area contributed by atoms with Gasteiger partial charge < -0.3 is 32.0 Å². The van der Waals surface area contributed by atoms with Crippen molar-refractivity contribution in [2.45, 2.75) is 6.92 Å². The Morgan fingerprint density at radius 1 is 1.35 bits per heavy atom. The van der Waals surface area contributed by atoms with Crippen LogP contribution in [-0.2, 0) is 9.59 Å². The van der Waals surface area contributed by atoms with E-state index >= 15 is 0 Å². The molecular formula is C19H24FN9O2. The van der Waals surface area contributed by atoms with Crippen molar-refractivity contribution in [3.63, 3.8) is 0 Å². The van der Waals surface area contributed by atoms with Crippen LogP contribution in [-0.4, -0.2) is 47.7 Å². The van der Waals surface area contributed by atoms with Crippen LogP contribution in [0.25, 0.3) is 0 Å². The number of allylic oxidation sites excluding steroid dienone is 5. The first kappa shape index (κ1) is 22.9. The average molecular weight is 429 g/mol. The van der Waals surface area contributed by atoms with Crippen LogP contribution in [0.4, 0.5) is 4.39 Å². The van der Waals surface area contributed by atoms with E-state index in [1.807, 2.05) is 0 Å². The Bertz CT molecular complexity index is 988. The first-order valence-corrected chi connectivity index (χ1v) is 8.99. The quantitative estimate of drug-likeness (QED) is 0.0882. The van der Waals surface area contributed by atoms with Gasteiger partial charge in [0.25, 0.3) is 5.91 Å². The van der Waals surface area contributed by atoms with Crippen molar-refractivity contribution < 1.29 is 14.0 Å². The van der Waals surface area contributed by atoms with Gasteiger partial charge in [-0.2, -0.15) is 0 Å². The number of halogens is 1. The van der Waals surface area contributed by atoms with Gasteiger partial charge in [0.2, 0.25) is 0 Å². The average Bonchev–Trinajstić information content (AvgIpc) is 3.14. The summed E-state index contributed by atoms with van der Waals surface area (Å²) in [6, 6.07) is 0. The standard InChI is InChI=1S/C19H24FN9O2/c1-11(21)4-5-16(22)28(3)9-12(20)6-13(10-30)26-17-7-14(24-2)19-25-8-15(18(23)31)29(19)27-17/h4-10,21-22,24-27H,1-3H3,(H2,23,31)/b5-4?,12-9+,13-6+,21-11?,22-16?. The lowest BCUT2D eigenvalue weighted by atomic mass is 10.3. The molecule has 2 aliphatic heterocycles. The topological polar surface area (TPSA) is 162 Å². The van der Waals surface area contributed by atoms with Gasteiger partial charge in [-0.25, -0.2) is 9.40 Å². The molecule has 0 radical (unpaired) electrons. The van der Waals surface area contributed by atoms with Crippen molar-refractivity contribution in [1.29, 1.82) is 10.8 Å². The molecule has 1 amide bonds. The van der Waals surface area contributed by atoms with Crippen LogP contribution >= 0.6 is 0 Å². The van der Waals surface area contributed by atoms with Crippen molar-refractivity contribution >= 4 is 23.7 Å². The molecule has 0 saturated carbocycles. The number of aldehydes is 1. The highest BCUT2D eigenvalue weighted by molar-refractivity contribution is 5.99. The number of amides is 1. The third kappa shape index (κ3) is 5.82. The Morgan fingerprint density at radius 2 is 2.06 bits per heavy atom. The number of nitrogens with zero attached hydrogens (tertiary/aromatic N) is 2. The molecule has 2 heterocycles. The number of carbonyl (C=O) groups excluding carboxylic acids is 2. The van der Waals surface area contributed by atoms with Gasteiger partial charge in [0, 0.05) is 44.4 Å². The van der Waals surface area contributed by atoms with Crippen LogP contribution in [0.3, 0.4) is 0 Å². The minimum atomic E-state index is -0.788. The summed E-state index contributed by atoms with van der Waals surface area (Å²) in [7, 11) is 3.13. The van der Waals surface area contributed by atoms with Gasteiger partial charge in [0.15, 0.2) is 12.1 Å². The fraction of sp³-hybridized carbons (Fsp3) is 0.158. The highest BCUT2D eigenvalue weighted by Gasteiger charge is 2.30. The summed E-state index contributed by atoms with van der Waals surface area (Å²) in [4.78, 5) is 24.3. The Balaban J connectivity index is 2.18. The molecule has 0 bridgehead atoms. The van der Waals surface area contributed by atoms with E-state index in [0.29, 0.717) is 17.8 Å². The predicted molar refractivity (Wildman–Crippen MR) is 114 cm³/mol. The van der Waals surface area contributed by atoms with Gasteiger partial charge >= 0.3 is 0 Å². The van der Waals surface area contributed by atoms with Gasteiger partial charge in [0.05, 0.1) is 11.4 Å². The molecule has 0 fully saturated rings. The van der Waals surface area contributed by atoms with Crippen LogP contribution in [0.5, 0.6) is 0 Å². The molecule has 2 rings (SSSR count). The van der Waals surface area contributed by atoms with Crippen LogP contribution in [0.2, 0.25) is 0 Å². The number of rotatable bonds is 9. The Kier molecular flexibility index (Phi) is 7.33. The van der Waals surface area contributed by atoms with Gasteiger partial charge in [0.1, 0.15) is 23.2 Å². The minimum absolute atomic E-state index is 0.0453. The summed E-state index contributed by atoms with van der Waals surface area (Å²) < 4.78 is 14.4. The highest BCUT2D eigenvalue weighted by atomic mass is 19.1. The van der Waals surface area contributed by atoms with E-state index in [9.17, 15) is 14.0 Å². The smallest absolute Gasteiger partial charge is 0.268 e. The maximum atomic E-state index is 14.4. The molecule has 0 unspecified atom stereocenters. The molecule has 8 N–H and O–H groups in total. The molecule has 0 aliphatic carbocycles. The summed E-state index contributed by atoms with van der Waals surface area (Å²) >= 11 is 0. The Hall–Kier alpha value is -4.35. The lowest BCUT2D eigenvalue weighted by Crippen LogP contribution is -2.46. The molecule has 31 heavy (non-hydrogen) atoms. The first-order valence-electron chi connectivity index (χ1n) is 8.99.